The monoisotopic (exact) mass is 134 g/mol. The van der Waals surface area contributed by atoms with Crippen LogP contribution in [0.5, 0.6) is 0 Å². The quantitative estimate of drug-likeness (QED) is 0.387. The fraction of sp³-hybridized carbons (Fsp3) is 1.00. The number of hydrogen-bond donors (Lipinski definition) is 0. The van der Waals surface area contributed by atoms with Crippen LogP contribution in [0.25, 0.3) is 0 Å². The fourth-order valence-electron chi connectivity index (χ4n) is 0. The van der Waals surface area contributed by atoms with E-state index in [2.05, 4.69) is 0 Å². The maximum Gasteiger partial charge on any atom is 0.00731 e. The van der Waals surface area contributed by atoms with Gasteiger partial charge in [-0.15, -0.1) is 0 Å². The van der Waals surface area contributed by atoms with Gasteiger partial charge in [-0.05, 0) is 0 Å². The first-order chi connectivity index (χ1) is 3.27. The maximum atomic E-state index is 9.37. The first-order valence-electron chi connectivity index (χ1n) is 2.33. The molecule has 0 heterocycles. The summed E-state index contributed by atoms with van der Waals surface area (Å²) in [4.78, 5) is 0. The molecule has 1 atom stereocenters. The van der Waals surface area contributed by atoms with Gasteiger partial charge >= 0.3 is 0 Å². The first-order valence-corrected chi connectivity index (χ1v) is 3.57. The zero-order valence-corrected chi connectivity index (χ0v) is 6.33. The van der Waals surface area contributed by atoms with Crippen LogP contribution >= 0.6 is 0 Å². The van der Waals surface area contributed by atoms with Crippen molar-refractivity contribution in [2.24, 2.45) is 0 Å². The normalized spacial score (nSPS) is 10.0. The van der Waals surface area contributed by atoms with Crippen LogP contribution in [-0.2, 0) is 11.1 Å². The van der Waals surface area contributed by atoms with E-state index < -0.39 is 11.1 Å². The van der Waals surface area contributed by atoms with E-state index in [4.69, 9.17) is 0 Å². The third kappa shape index (κ3) is 35.0. The molecular weight excluding hydrogens is 123 g/mol. The van der Waals surface area contributed by atoms with Crippen molar-refractivity contribution in [3.63, 3.8) is 0 Å². The number of rotatable bonds is 1. The molecule has 0 rings (SSSR count). The van der Waals surface area contributed by atoms with Crippen molar-refractivity contribution in [1.82, 2.24) is 0 Å². The summed E-state index contributed by atoms with van der Waals surface area (Å²) in [6.45, 7) is 5.59. The van der Waals surface area contributed by atoms with Crippen LogP contribution in [0.4, 0.5) is 0 Å². The van der Waals surface area contributed by atoms with Gasteiger partial charge in [0.05, 0.1) is 0 Å². The Labute approximate surface area is 55.5 Å². The Hall–Kier alpha value is 0.175. The van der Waals surface area contributed by atoms with Gasteiger partial charge in [-0.3, -0.25) is 4.21 Å². The minimum absolute atomic E-state index is 0. The van der Waals surface area contributed by atoms with Gasteiger partial charge in [-0.2, -0.15) is 0 Å². The zero-order chi connectivity index (χ0) is 6.28. The van der Waals surface area contributed by atoms with Crippen molar-refractivity contribution in [3.8, 4) is 0 Å². The molecule has 2 nitrogen and oxygen atoms in total. The van der Waals surface area contributed by atoms with Gasteiger partial charge in [0, 0.05) is 14.2 Å². The molecule has 0 aromatic carbocycles. The minimum Gasteiger partial charge on any atom is -0.772 e. The highest BCUT2D eigenvalue weighted by atomic mass is 32.2. The molecule has 0 aliphatic carbocycles. The molecule has 8 heavy (non-hydrogen) atoms. The molecular formula is C4H11BO2S-. The summed E-state index contributed by atoms with van der Waals surface area (Å²) < 4.78 is 18.7. The van der Waals surface area contributed by atoms with Crippen LogP contribution in [0.3, 0.4) is 0 Å². The van der Waals surface area contributed by atoms with E-state index >= 15 is 0 Å². The molecule has 0 fully saturated rings. The van der Waals surface area contributed by atoms with E-state index in [-0.39, 0.29) is 14.2 Å². The summed E-state index contributed by atoms with van der Waals surface area (Å²) in [6, 6.07) is 0. The van der Waals surface area contributed by atoms with E-state index in [9.17, 15) is 8.76 Å². The van der Waals surface area contributed by atoms with E-state index in [1.54, 1.807) is 6.92 Å². The molecule has 0 aliphatic heterocycles. The van der Waals surface area contributed by atoms with Crippen LogP contribution in [0.15, 0.2) is 0 Å². The summed E-state index contributed by atoms with van der Waals surface area (Å²) in [6.07, 6.45) is 0. The highest BCUT2D eigenvalue weighted by Gasteiger charge is 1.62. The molecule has 0 aromatic heterocycles. The van der Waals surface area contributed by atoms with E-state index in [1.807, 2.05) is 13.8 Å². The molecule has 0 amide bonds. The first kappa shape index (κ1) is 15.7. The molecule has 0 aliphatic rings. The van der Waals surface area contributed by atoms with Crippen molar-refractivity contribution in [1.29, 1.82) is 0 Å². The molecule has 0 saturated carbocycles. The molecule has 49 valence electrons. The SMILES string of the molecule is CC.CCS(=O)[O-].[B]. The lowest BCUT2D eigenvalue weighted by Gasteiger charge is -1.93. The second-order valence-corrected chi connectivity index (χ2v) is 1.78. The Morgan fingerprint density at radius 1 is 1.50 bits per heavy atom. The van der Waals surface area contributed by atoms with Gasteiger partial charge in [-0.1, -0.05) is 31.9 Å². The fourth-order valence-corrected chi connectivity index (χ4v) is 0. The van der Waals surface area contributed by atoms with E-state index in [0.717, 1.165) is 0 Å². The van der Waals surface area contributed by atoms with Crippen molar-refractivity contribution >= 4 is 19.5 Å². The highest BCUT2D eigenvalue weighted by Crippen LogP contribution is 1.63. The predicted octanol–water partition coefficient (Wildman–Crippen LogP) is 0.531. The molecule has 0 saturated heterocycles. The van der Waals surface area contributed by atoms with Crippen LogP contribution in [0, 0.1) is 0 Å². The molecule has 0 spiro atoms. The lowest BCUT2D eigenvalue weighted by Crippen LogP contribution is -1.85. The second-order valence-electron chi connectivity index (χ2n) is 0.592. The van der Waals surface area contributed by atoms with Gasteiger partial charge in [0.25, 0.3) is 0 Å². The zero-order valence-electron chi connectivity index (χ0n) is 5.51. The average molecular weight is 134 g/mol. The summed E-state index contributed by atoms with van der Waals surface area (Å²) in [5.74, 6) is 0.222. The second kappa shape index (κ2) is 15.7. The van der Waals surface area contributed by atoms with E-state index in [1.165, 1.54) is 0 Å². The minimum atomic E-state index is -1.82. The largest absolute Gasteiger partial charge is 0.772 e. The topological polar surface area (TPSA) is 40.1 Å². The summed E-state index contributed by atoms with van der Waals surface area (Å²) in [5, 5.41) is 0. The van der Waals surface area contributed by atoms with Gasteiger partial charge < -0.3 is 4.55 Å². The molecule has 0 N–H and O–H groups in total. The van der Waals surface area contributed by atoms with Gasteiger partial charge in [0.2, 0.25) is 0 Å². The third-order valence-corrected chi connectivity index (χ3v) is 0.707. The lowest BCUT2D eigenvalue weighted by molar-refractivity contribution is 0.538. The Bertz CT molecular complexity index is 49.3. The Kier molecular flexibility index (Phi) is 30.8. The molecule has 4 heteroatoms. The summed E-state index contributed by atoms with van der Waals surface area (Å²) in [7, 11) is 0. The highest BCUT2D eigenvalue weighted by molar-refractivity contribution is 7.79. The van der Waals surface area contributed by atoms with Crippen LogP contribution in [-0.4, -0.2) is 22.9 Å². The Balaban J connectivity index is -0.0000000750. The maximum absolute atomic E-state index is 9.37. The van der Waals surface area contributed by atoms with Crippen LogP contribution in [0.1, 0.15) is 20.8 Å². The summed E-state index contributed by atoms with van der Waals surface area (Å²) >= 11 is -1.82. The Morgan fingerprint density at radius 2 is 1.62 bits per heavy atom. The molecule has 3 radical (unpaired) electrons. The molecule has 1 unspecified atom stereocenters. The van der Waals surface area contributed by atoms with Crippen LogP contribution in [0.2, 0.25) is 0 Å². The smallest absolute Gasteiger partial charge is 0.00731 e. The molecule has 0 bridgehead atoms. The Morgan fingerprint density at radius 3 is 1.62 bits per heavy atom. The van der Waals surface area contributed by atoms with E-state index in [0.29, 0.717) is 0 Å². The van der Waals surface area contributed by atoms with Crippen molar-refractivity contribution in [2.75, 3.05) is 5.75 Å². The lowest BCUT2D eigenvalue weighted by atomic mass is 10.8. The average Bonchev–Trinajstić information content (AvgIpc) is 1.73. The predicted molar refractivity (Wildman–Crippen MR) is 36.6 cm³/mol. The van der Waals surface area contributed by atoms with Gasteiger partial charge in [0.15, 0.2) is 0 Å². The van der Waals surface area contributed by atoms with Crippen molar-refractivity contribution < 1.29 is 8.76 Å². The third-order valence-electron chi connectivity index (χ3n) is 0.236. The summed E-state index contributed by atoms with van der Waals surface area (Å²) in [5.41, 5.74) is 0. The van der Waals surface area contributed by atoms with Gasteiger partial charge in [0.1, 0.15) is 0 Å². The van der Waals surface area contributed by atoms with Crippen molar-refractivity contribution in [2.45, 2.75) is 20.8 Å². The standard InChI is InChI=1S/C2H6O2S.C2H6.B/c1-2-5(3)4;1-2;/h2H2,1H3,(H,3,4);1-2H3;/p-1. The van der Waals surface area contributed by atoms with Gasteiger partial charge in [-0.25, -0.2) is 0 Å². The number of hydrogen-bond acceptors (Lipinski definition) is 2. The van der Waals surface area contributed by atoms with Crippen LogP contribution < -0.4 is 0 Å². The van der Waals surface area contributed by atoms with Crippen molar-refractivity contribution in [3.05, 3.63) is 0 Å². The molecule has 0 aromatic rings.